The van der Waals surface area contributed by atoms with Gasteiger partial charge >= 0.3 is 0 Å². The summed E-state index contributed by atoms with van der Waals surface area (Å²) in [5, 5.41) is 0. The zero-order valence-corrected chi connectivity index (χ0v) is 10.0. The largest absolute Gasteiger partial charge is 1.00 e. The molecule has 0 aliphatic heterocycles. The SMILES string of the molecule is C[CH-][n+]1ccc([C-](C)CC)cc1.[Br-]. The number of rotatable bonds is 3. The molecule has 1 rings (SSSR count). The van der Waals surface area contributed by atoms with E-state index in [-0.39, 0.29) is 17.0 Å². The van der Waals surface area contributed by atoms with Crippen LogP contribution in [0.1, 0.15) is 32.8 Å². The molecule has 0 aromatic carbocycles. The minimum atomic E-state index is 0. The second-order valence-corrected chi connectivity index (χ2v) is 2.93. The number of nitrogens with zero attached hydrogens (tertiary/aromatic N) is 1. The Labute approximate surface area is 91.6 Å². The van der Waals surface area contributed by atoms with Crippen molar-refractivity contribution >= 4 is 0 Å². The first-order valence-electron chi connectivity index (χ1n) is 4.41. The van der Waals surface area contributed by atoms with Crippen LogP contribution in [0.5, 0.6) is 0 Å². The highest BCUT2D eigenvalue weighted by Gasteiger charge is 1.90. The van der Waals surface area contributed by atoms with Crippen molar-refractivity contribution in [3.63, 3.8) is 0 Å². The van der Waals surface area contributed by atoms with Gasteiger partial charge in [-0.3, -0.25) is 0 Å². The number of pyridine rings is 1. The second-order valence-electron chi connectivity index (χ2n) is 2.93. The Hall–Kier alpha value is -0.630. The van der Waals surface area contributed by atoms with Crippen LogP contribution in [-0.4, -0.2) is 0 Å². The molecule has 1 aromatic heterocycles. The summed E-state index contributed by atoms with van der Waals surface area (Å²) >= 11 is 0. The van der Waals surface area contributed by atoms with Crippen LogP contribution >= 0.6 is 0 Å². The summed E-state index contributed by atoms with van der Waals surface area (Å²) in [6.07, 6.45) is 5.28. The van der Waals surface area contributed by atoms with Gasteiger partial charge in [-0.15, -0.1) is 0 Å². The quantitative estimate of drug-likeness (QED) is 0.490. The normalized spacial score (nSPS) is 8.85. The van der Waals surface area contributed by atoms with Crippen LogP contribution in [-0.2, 0) is 0 Å². The lowest BCUT2D eigenvalue weighted by Gasteiger charge is -2.19. The third-order valence-corrected chi connectivity index (χ3v) is 2.17. The van der Waals surface area contributed by atoms with E-state index < -0.39 is 0 Å². The van der Waals surface area contributed by atoms with Gasteiger partial charge in [0.05, 0.1) is 0 Å². The van der Waals surface area contributed by atoms with Crippen molar-refractivity contribution in [2.45, 2.75) is 27.2 Å². The van der Waals surface area contributed by atoms with Crippen molar-refractivity contribution in [3.05, 3.63) is 42.6 Å². The van der Waals surface area contributed by atoms with Crippen LogP contribution in [0.25, 0.3) is 0 Å². The smallest absolute Gasteiger partial charge is 0.0421 e. The molecule has 2 heteroatoms. The summed E-state index contributed by atoms with van der Waals surface area (Å²) < 4.78 is 2.05. The first-order chi connectivity index (χ1) is 5.77. The first kappa shape index (κ1) is 12.4. The van der Waals surface area contributed by atoms with Gasteiger partial charge in [0, 0.05) is 18.9 Å². The van der Waals surface area contributed by atoms with Crippen molar-refractivity contribution in [2.75, 3.05) is 0 Å². The van der Waals surface area contributed by atoms with Crippen molar-refractivity contribution < 1.29 is 21.5 Å². The Morgan fingerprint density at radius 1 is 1.38 bits per heavy atom. The minimum Gasteiger partial charge on any atom is -1.00 e. The fourth-order valence-electron chi connectivity index (χ4n) is 1.10. The Morgan fingerprint density at radius 2 is 1.92 bits per heavy atom. The highest BCUT2D eigenvalue weighted by Crippen LogP contribution is 2.14. The highest BCUT2D eigenvalue weighted by molar-refractivity contribution is 5.24. The van der Waals surface area contributed by atoms with E-state index in [2.05, 4.69) is 38.4 Å². The van der Waals surface area contributed by atoms with Gasteiger partial charge < -0.3 is 21.5 Å². The third-order valence-electron chi connectivity index (χ3n) is 2.17. The van der Waals surface area contributed by atoms with Gasteiger partial charge in [-0.25, -0.2) is 5.56 Å². The van der Waals surface area contributed by atoms with E-state index in [0.29, 0.717) is 0 Å². The number of hydrogen-bond donors (Lipinski definition) is 0. The van der Waals surface area contributed by atoms with E-state index in [0.717, 1.165) is 6.42 Å². The molecule has 0 radical (unpaired) electrons. The molecule has 0 saturated heterocycles. The molecule has 0 aliphatic rings. The summed E-state index contributed by atoms with van der Waals surface area (Å²) in [6.45, 7) is 8.42. The topological polar surface area (TPSA) is 3.88 Å². The van der Waals surface area contributed by atoms with Crippen molar-refractivity contribution in [3.8, 4) is 0 Å². The van der Waals surface area contributed by atoms with Crippen LogP contribution < -0.4 is 21.5 Å². The van der Waals surface area contributed by atoms with E-state index in [1.165, 1.54) is 11.5 Å². The summed E-state index contributed by atoms with van der Waals surface area (Å²) in [4.78, 5) is 0. The Morgan fingerprint density at radius 3 is 2.31 bits per heavy atom. The lowest BCUT2D eigenvalue weighted by molar-refractivity contribution is -0.632. The molecule has 1 nitrogen and oxygen atoms in total. The van der Waals surface area contributed by atoms with Crippen molar-refractivity contribution in [1.29, 1.82) is 0 Å². The minimum absolute atomic E-state index is 0. The predicted octanol–water partition coefficient (Wildman–Crippen LogP) is -0.640. The van der Waals surface area contributed by atoms with E-state index in [1.54, 1.807) is 0 Å². The monoisotopic (exact) mass is 241 g/mol. The standard InChI is InChI=1S/C11H16N.BrH/c1-4-10(3)11-6-8-12(5-2)9-7-11;/h5-9H,4H2,1-3H3;1H/q-1;/p-1. The average Bonchev–Trinajstić information content (AvgIpc) is 2.17. The highest BCUT2D eigenvalue weighted by atomic mass is 79.9. The molecule has 0 amide bonds. The van der Waals surface area contributed by atoms with Gasteiger partial charge in [0.1, 0.15) is 0 Å². The number of halogens is 1. The molecule has 0 atom stereocenters. The zero-order valence-electron chi connectivity index (χ0n) is 8.42. The second kappa shape index (κ2) is 5.92. The van der Waals surface area contributed by atoms with E-state index in [9.17, 15) is 0 Å². The Kier molecular flexibility index (Phi) is 5.63. The number of aromatic nitrogens is 1. The van der Waals surface area contributed by atoms with E-state index in [1.807, 2.05) is 18.0 Å². The molecule has 0 aliphatic carbocycles. The lowest BCUT2D eigenvalue weighted by atomic mass is 10.0. The predicted molar refractivity (Wildman–Crippen MR) is 50.3 cm³/mol. The number of hydrogen-bond acceptors (Lipinski definition) is 0. The Balaban J connectivity index is 0.00000144. The van der Waals surface area contributed by atoms with Gasteiger partial charge in [-0.2, -0.15) is 18.1 Å². The molecular weight excluding hydrogens is 226 g/mol. The Bertz CT molecular complexity index is 230. The van der Waals surface area contributed by atoms with Crippen LogP contribution in [0.4, 0.5) is 0 Å². The van der Waals surface area contributed by atoms with Crippen LogP contribution in [0.3, 0.4) is 0 Å². The summed E-state index contributed by atoms with van der Waals surface area (Å²) in [7, 11) is 0. The van der Waals surface area contributed by atoms with Gasteiger partial charge in [0.2, 0.25) is 0 Å². The molecule has 13 heavy (non-hydrogen) atoms. The molecule has 0 unspecified atom stereocenters. The van der Waals surface area contributed by atoms with Crippen LogP contribution in [0.15, 0.2) is 24.5 Å². The first-order valence-corrected chi connectivity index (χ1v) is 4.41. The molecule has 1 heterocycles. The van der Waals surface area contributed by atoms with Crippen molar-refractivity contribution in [1.82, 2.24) is 0 Å². The van der Waals surface area contributed by atoms with Crippen LogP contribution in [0.2, 0.25) is 0 Å². The molecular formula is C11H16BrN-2. The maximum atomic E-state index is 2.18. The fraction of sp³-hybridized carbons (Fsp3) is 0.364. The van der Waals surface area contributed by atoms with Gasteiger partial charge in [0.25, 0.3) is 0 Å². The van der Waals surface area contributed by atoms with Gasteiger partial charge in [0.15, 0.2) is 0 Å². The molecule has 0 fully saturated rings. The summed E-state index contributed by atoms with van der Waals surface area (Å²) in [5.74, 6) is 1.44. The van der Waals surface area contributed by atoms with Gasteiger partial charge in [-0.05, 0) is 6.92 Å². The summed E-state index contributed by atoms with van der Waals surface area (Å²) in [5.41, 5.74) is 1.34. The molecule has 0 spiro atoms. The zero-order chi connectivity index (χ0) is 8.97. The molecule has 0 saturated carbocycles. The van der Waals surface area contributed by atoms with Crippen molar-refractivity contribution in [2.24, 2.45) is 0 Å². The molecule has 1 aromatic rings. The molecule has 74 valence electrons. The van der Waals surface area contributed by atoms with E-state index >= 15 is 0 Å². The van der Waals surface area contributed by atoms with E-state index in [4.69, 9.17) is 0 Å². The fourth-order valence-corrected chi connectivity index (χ4v) is 1.10. The third kappa shape index (κ3) is 3.31. The lowest BCUT2D eigenvalue weighted by Crippen LogP contribution is -3.00. The summed E-state index contributed by atoms with van der Waals surface area (Å²) in [6, 6.07) is 4.30. The average molecular weight is 242 g/mol. The van der Waals surface area contributed by atoms with Crippen LogP contribution in [0, 0.1) is 12.5 Å². The molecule has 0 N–H and O–H groups in total. The maximum absolute atomic E-state index is 2.18. The maximum Gasteiger partial charge on any atom is 0.0421 e. The van der Waals surface area contributed by atoms with Gasteiger partial charge in [-0.1, -0.05) is 20.3 Å². The molecule has 0 bridgehead atoms.